The first-order chi connectivity index (χ1) is 19.9. The van der Waals surface area contributed by atoms with Gasteiger partial charge in [-0.25, -0.2) is 9.78 Å². The van der Waals surface area contributed by atoms with E-state index in [0.717, 1.165) is 49.2 Å². The summed E-state index contributed by atoms with van der Waals surface area (Å²) in [6, 6.07) is 7.65. The Bertz CT molecular complexity index is 1310. The molecule has 10 heteroatoms. The number of nitrogens with one attached hydrogen (secondary N) is 2. The van der Waals surface area contributed by atoms with Gasteiger partial charge in [-0.05, 0) is 65.5 Å². The second-order valence-corrected chi connectivity index (χ2v) is 13.6. The van der Waals surface area contributed by atoms with Crippen molar-refractivity contribution in [1.82, 2.24) is 19.8 Å². The topological polar surface area (TPSA) is 115 Å². The summed E-state index contributed by atoms with van der Waals surface area (Å²) in [4.78, 5) is 46.3. The number of esters is 1. The summed E-state index contributed by atoms with van der Waals surface area (Å²) in [6.07, 6.45) is 7.44. The van der Waals surface area contributed by atoms with Gasteiger partial charge in [0.1, 0.15) is 11.4 Å². The van der Waals surface area contributed by atoms with E-state index < -0.39 is 17.1 Å². The molecule has 2 amide bonds. The second-order valence-electron chi connectivity index (χ2n) is 13.6. The maximum absolute atomic E-state index is 14.3. The zero-order valence-electron chi connectivity index (χ0n) is 25.7. The van der Waals surface area contributed by atoms with Crippen molar-refractivity contribution in [2.45, 2.75) is 97.0 Å². The molecule has 2 unspecified atom stereocenters. The minimum atomic E-state index is -0.731. The maximum atomic E-state index is 14.3. The molecule has 2 aliphatic heterocycles. The van der Waals surface area contributed by atoms with E-state index in [-0.39, 0.29) is 41.8 Å². The Morgan fingerprint density at radius 3 is 2.55 bits per heavy atom. The zero-order chi connectivity index (χ0) is 30.2. The number of hydrogen-bond acceptors (Lipinski definition) is 7. The van der Waals surface area contributed by atoms with Gasteiger partial charge in [0.15, 0.2) is 0 Å². The smallest absolute Gasteiger partial charge is 0.407 e. The molecule has 2 aromatic rings. The van der Waals surface area contributed by atoms with Crippen molar-refractivity contribution in [2.75, 3.05) is 19.0 Å². The van der Waals surface area contributed by atoms with Gasteiger partial charge < -0.3 is 29.6 Å². The second kappa shape index (κ2) is 11.6. The average molecular weight is 580 g/mol. The van der Waals surface area contributed by atoms with Crippen LogP contribution in [0.4, 0.5) is 10.5 Å². The first-order valence-electron chi connectivity index (χ1n) is 15.1. The first kappa shape index (κ1) is 29.9. The average Bonchev–Trinajstić information content (AvgIpc) is 3.58. The number of amides is 2. The molecule has 3 aliphatic rings. The van der Waals surface area contributed by atoms with Crippen molar-refractivity contribution < 1.29 is 23.9 Å². The number of alkyl carbamates (subject to hydrolysis) is 1. The van der Waals surface area contributed by atoms with Crippen molar-refractivity contribution in [3.63, 3.8) is 0 Å². The van der Waals surface area contributed by atoms with Gasteiger partial charge >= 0.3 is 12.1 Å². The summed E-state index contributed by atoms with van der Waals surface area (Å²) in [5, 5.41) is 6.75. The number of para-hydroxylation sites is 1. The van der Waals surface area contributed by atoms with Crippen LogP contribution in [0.5, 0.6) is 0 Å². The van der Waals surface area contributed by atoms with Gasteiger partial charge in [0.2, 0.25) is 5.91 Å². The Kier molecular flexibility index (Phi) is 8.27. The predicted octanol–water partition coefficient (Wildman–Crippen LogP) is 5.22. The van der Waals surface area contributed by atoms with Crippen molar-refractivity contribution in [3.8, 4) is 0 Å². The predicted molar refractivity (Wildman–Crippen MR) is 159 cm³/mol. The Morgan fingerprint density at radius 2 is 1.81 bits per heavy atom. The van der Waals surface area contributed by atoms with Gasteiger partial charge in [-0.1, -0.05) is 31.0 Å². The largest absolute Gasteiger partial charge is 0.469 e. The lowest BCUT2D eigenvalue weighted by Crippen LogP contribution is -2.51. The Balaban J connectivity index is 1.42. The van der Waals surface area contributed by atoms with Crippen LogP contribution in [0.15, 0.2) is 36.7 Å². The summed E-state index contributed by atoms with van der Waals surface area (Å²) in [7, 11) is 1.41. The number of benzene rings is 1. The third-order valence-electron chi connectivity index (χ3n) is 8.86. The van der Waals surface area contributed by atoms with Gasteiger partial charge in [-0.3, -0.25) is 9.59 Å². The molecule has 5 rings (SSSR count). The van der Waals surface area contributed by atoms with Crippen LogP contribution in [0.1, 0.15) is 90.2 Å². The van der Waals surface area contributed by atoms with E-state index in [4.69, 9.17) is 14.5 Å². The number of methoxy groups -OCH3 is 1. The lowest BCUT2D eigenvalue weighted by atomic mass is 9.80. The molecule has 1 aromatic carbocycles. The van der Waals surface area contributed by atoms with Crippen LogP contribution in [0, 0.1) is 17.3 Å². The van der Waals surface area contributed by atoms with Crippen molar-refractivity contribution in [2.24, 2.45) is 17.3 Å². The number of nitrogens with zero attached hydrogens (tertiary/aromatic N) is 3. The normalized spacial score (nSPS) is 25.6. The summed E-state index contributed by atoms with van der Waals surface area (Å²) in [6.45, 7) is 10.3. The molecular formula is C32H45N5O5. The molecule has 0 spiro atoms. The van der Waals surface area contributed by atoms with Gasteiger partial charge in [-0.15, -0.1) is 0 Å². The minimum absolute atomic E-state index is 0.0899. The van der Waals surface area contributed by atoms with E-state index in [1.54, 1.807) is 6.20 Å². The Hall–Kier alpha value is -3.56. The highest BCUT2D eigenvalue weighted by Gasteiger charge is 2.49. The molecule has 228 valence electrons. The van der Waals surface area contributed by atoms with Crippen LogP contribution in [0.3, 0.4) is 0 Å². The molecule has 0 radical (unpaired) electrons. The summed E-state index contributed by atoms with van der Waals surface area (Å²) in [5.74, 6) is 0.448. The molecule has 1 saturated heterocycles. The van der Waals surface area contributed by atoms with Crippen LogP contribution >= 0.6 is 0 Å². The number of imidazole rings is 1. The van der Waals surface area contributed by atoms with E-state index in [1.165, 1.54) is 7.11 Å². The van der Waals surface area contributed by atoms with Crippen LogP contribution in [0.25, 0.3) is 0 Å². The standard InChI is InChI=1S/C32H45N5O5/c1-31(2,3)42-30(40)35-24-14-10-8-12-21(24)28(38)37-17-15-22-25(34-23-13-9-7-11-20(23)26(22)37)27-33-16-18-36(27)19-32(4,5)29(39)41-6/h7,9,11,13,16,18,21-22,24-26,34H,8,10,12,14-15,17,19H2,1-6H3,(H,35,40)/t21-,22-,24+,25?,26?/m0/s1. The van der Waals surface area contributed by atoms with Gasteiger partial charge in [0, 0.05) is 43.1 Å². The lowest BCUT2D eigenvalue weighted by Gasteiger charge is -2.42. The molecule has 1 aromatic heterocycles. The van der Waals surface area contributed by atoms with Crippen molar-refractivity contribution in [3.05, 3.63) is 48.0 Å². The van der Waals surface area contributed by atoms with E-state index in [2.05, 4.69) is 22.8 Å². The summed E-state index contributed by atoms with van der Waals surface area (Å²) >= 11 is 0. The fraction of sp³-hybridized carbons (Fsp3) is 0.625. The number of ether oxygens (including phenoxy) is 2. The fourth-order valence-corrected chi connectivity index (χ4v) is 7.00. The van der Waals surface area contributed by atoms with Crippen LogP contribution in [-0.2, 0) is 25.6 Å². The number of carbonyl (C=O) groups is 3. The van der Waals surface area contributed by atoms with Crippen LogP contribution < -0.4 is 10.6 Å². The Labute approximate surface area is 248 Å². The van der Waals surface area contributed by atoms with E-state index in [0.29, 0.717) is 13.1 Å². The van der Waals surface area contributed by atoms with Gasteiger partial charge in [0.25, 0.3) is 0 Å². The molecule has 1 aliphatic carbocycles. The molecule has 2 N–H and O–H groups in total. The SMILES string of the molecule is COC(=O)C(C)(C)Cn1ccnc1C1Nc2ccccc2C2[C@H]1CCN2C(=O)[C@H]1CCCC[C@H]1NC(=O)OC(C)(C)C. The highest BCUT2D eigenvalue weighted by molar-refractivity contribution is 5.82. The molecule has 42 heavy (non-hydrogen) atoms. The van der Waals surface area contributed by atoms with Gasteiger partial charge in [-0.2, -0.15) is 0 Å². The Morgan fingerprint density at radius 1 is 1.07 bits per heavy atom. The number of anilines is 1. The molecular weight excluding hydrogens is 534 g/mol. The third kappa shape index (κ3) is 5.99. The molecule has 5 atom stereocenters. The number of fused-ring (bicyclic) bond motifs is 3. The fourth-order valence-electron chi connectivity index (χ4n) is 7.00. The van der Waals surface area contributed by atoms with Gasteiger partial charge in [0.05, 0.1) is 30.5 Å². The minimum Gasteiger partial charge on any atom is -0.469 e. The highest BCUT2D eigenvalue weighted by Crippen LogP contribution is 2.51. The van der Waals surface area contributed by atoms with Crippen LogP contribution in [0.2, 0.25) is 0 Å². The van der Waals surface area contributed by atoms with Crippen LogP contribution in [-0.4, -0.2) is 57.7 Å². The third-order valence-corrected chi connectivity index (χ3v) is 8.86. The molecule has 0 bridgehead atoms. The maximum Gasteiger partial charge on any atom is 0.407 e. The number of carbonyl (C=O) groups excluding carboxylic acids is 3. The molecule has 2 fully saturated rings. The molecule has 1 saturated carbocycles. The number of hydrogen-bond donors (Lipinski definition) is 2. The lowest BCUT2D eigenvalue weighted by molar-refractivity contribution is -0.151. The van der Waals surface area contributed by atoms with E-state index in [9.17, 15) is 14.4 Å². The summed E-state index contributed by atoms with van der Waals surface area (Å²) < 4.78 is 12.6. The van der Waals surface area contributed by atoms with Crippen molar-refractivity contribution in [1.29, 1.82) is 0 Å². The number of likely N-dealkylation sites (tertiary alicyclic amines) is 1. The van der Waals surface area contributed by atoms with E-state index >= 15 is 0 Å². The number of rotatable bonds is 6. The quantitative estimate of drug-likeness (QED) is 0.451. The van der Waals surface area contributed by atoms with E-state index in [1.807, 2.05) is 62.4 Å². The first-order valence-corrected chi connectivity index (χ1v) is 15.1. The molecule has 10 nitrogen and oxygen atoms in total. The van der Waals surface area contributed by atoms with Crippen molar-refractivity contribution >= 4 is 23.7 Å². The monoisotopic (exact) mass is 579 g/mol. The zero-order valence-corrected chi connectivity index (χ0v) is 25.7. The molecule has 3 heterocycles. The number of aromatic nitrogens is 2. The highest BCUT2D eigenvalue weighted by atomic mass is 16.6. The summed E-state index contributed by atoms with van der Waals surface area (Å²) in [5.41, 5.74) is 0.749.